The van der Waals surface area contributed by atoms with Gasteiger partial charge in [-0.15, -0.1) is 0 Å². The first kappa shape index (κ1) is 16.2. The third-order valence-electron chi connectivity index (χ3n) is 4.20. The second-order valence-electron chi connectivity index (χ2n) is 5.94. The van der Waals surface area contributed by atoms with Crippen molar-refractivity contribution in [1.82, 2.24) is 0 Å². The van der Waals surface area contributed by atoms with Gasteiger partial charge < -0.3 is 4.42 Å². The Morgan fingerprint density at radius 3 is 2.54 bits per heavy atom. The molecule has 4 rings (SSSR count). The smallest absolute Gasteiger partial charge is 0.134 e. The minimum absolute atomic E-state index is 0.558. The molecular formula is C23H14ClNO. The maximum atomic E-state index is 9.60. The Kier molecular flexibility index (Phi) is 4.31. The quantitative estimate of drug-likeness (QED) is 0.378. The molecule has 0 saturated carbocycles. The monoisotopic (exact) mass is 355 g/mol. The Hall–Kier alpha value is -3.28. The van der Waals surface area contributed by atoms with Crippen LogP contribution in [0.2, 0.25) is 5.02 Å². The van der Waals surface area contributed by atoms with Crippen molar-refractivity contribution in [3.63, 3.8) is 0 Å². The van der Waals surface area contributed by atoms with Crippen LogP contribution in [-0.4, -0.2) is 0 Å². The molecule has 0 fully saturated rings. The van der Waals surface area contributed by atoms with E-state index in [0.717, 1.165) is 27.7 Å². The molecule has 2 nitrogen and oxygen atoms in total. The lowest BCUT2D eigenvalue weighted by atomic mass is 10.0. The normalized spacial score (nSPS) is 11.5. The summed E-state index contributed by atoms with van der Waals surface area (Å²) in [4.78, 5) is 0. The average molecular weight is 356 g/mol. The van der Waals surface area contributed by atoms with Gasteiger partial charge in [0.25, 0.3) is 0 Å². The minimum atomic E-state index is 0.558. The van der Waals surface area contributed by atoms with Crippen molar-refractivity contribution in [2.24, 2.45) is 0 Å². The van der Waals surface area contributed by atoms with Gasteiger partial charge in [0.15, 0.2) is 0 Å². The Labute approximate surface area is 156 Å². The van der Waals surface area contributed by atoms with Crippen molar-refractivity contribution in [2.45, 2.75) is 0 Å². The molecule has 1 aromatic heterocycles. The van der Waals surface area contributed by atoms with Crippen LogP contribution in [0.3, 0.4) is 0 Å². The standard InChI is InChI=1S/C23H14ClNO/c24-21-7-3-6-19(13-21)23-11-10-22(26-23)14-20(15-25)18-9-8-16-4-1-2-5-17(16)12-18/h1-14H/b20-14-. The van der Waals surface area contributed by atoms with Gasteiger partial charge in [0.2, 0.25) is 0 Å². The molecule has 0 atom stereocenters. The fraction of sp³-hybridized carbons (Fsp3) is 0. The number of allylic oxidation sites excluding steroid dienone is 1. The molecule has 0 unspecified atom stereocenters. The van der Waals surface area contributed by atoms with Gasteiger partial charge in [-0.1, -0.05) is 60.1 Å². The summed E-state index contributed by atoms with van der Waals surface area (Å²) in [6, 6.07) is 27.6. The van der Waals surface area contributed by atoms with Crippen molar-refractivity contribution in [1.29, 1.82) is 5.26 Å². The van der Waals surface area contributed by atoms with Crippen molar-refractivity contribution in [3.05, 3.63) is 95.2 Å². The second kappa shape index (κ2) is 6.92. The maximum Gasteiger partial charge on any atom is 0.134 e. The van der Waals surface area contributed by atoms with Crippen molar-refractivity contribution in [2.75, 3.05) is 0 Å². The number of benzene rings is 3. The number of hydrogen-bond donors (Lipinski definition) is 0. The first-order valence-corrected chi connectivity index (χ1v) is 8.57. The van der Waals surface area contributed by atoms with Crippen LogP contribution in [0.1, 0.15) is 11.3 Å². The van der Waals surface area contributed by atoms with Crippen LogP contribution in [0.25, 0.3) is 33.7 Å². The molecule has 0 bridgehead atoms. The van der Waals surface area contributed by atoms with Gasteiger partial charge in [-0.3, -0.25) is 0 Å². The van der Waals surface area contributed by atoms with Gasteiger partial charge in [0.1, 0.15) is 11.5 Å². The zero-order valence-electron chi connectivity index (χ0n) is 13.8. The van der Waals surface area contributed by atoms with E-state index in [9.17, 15) is 5.26 Å². The Morgan fingerprint density at radius 1 is 0.885 bits per heavy atom. The van der Waals surface area contributed by atoms with E-state index in [1.54, 1.807) is 6.08 Å². The molecule has 0 aliphatic heterocycles. The number of fused-ring (bicyclic) bond motifs is 1. The first-order chi connectivity index (χ1) is 12.7. The van der Waals surface area contributed by atoms with E-state index >= 15 is 0 Å². The third-order valence-corrected chi connectivity index (χ3v) is 4.44. The zero-order valence-corrected chi connectivity index (χ0v) is 14.6. The molecule has 0 spiro atoms. The topological polar surface area (TPSA) is 36.9 Å². The lowest BCUT2D eigenvalue weighted by Crippen LogP contribution is -1.82. The van der Waals surface area contributed by atoms with Crippen LogP contribution < -0.4 is 0 Å². The minimum Gasteiger partial charge on any atom is -0.457 e. The van der Waals surface area contributed by atoms with Crippen LogP contribution in [0.4, 0.5) is 0 Å². The molecule has 0 aliphatic carbocycles. The first-order valence-electron chi connectivity index (χ1n) is 8.20. The summed E-state index contributed by atoms with van der Waals surface area (Å²) >= 11 is 6.04. The van der Waals surface area contributed by atoms with Crippen LogP contribution in [-0.2, 0) is 0 Å². The van der Waals surface area contributed by atoms with Gasteiger partial charge >= 0.3 is 0 Å². The highest BCUT2D eigenvalue weighted by atomic mass is 35.5. The molecule has 0 aliphatic rings. The van der Waals surface area contributed by atoms with Crippen LogP contribution in [0, 0.1) is 11.3 Å². The third kappa shape index (κ3) is 3.26. The van der Waals surface area contributed by atoms with E-state index < -0.39 is 0 Å². The summed E-state index contributed by atoms with van der Waals surface area (Å²) < 4.78 is 5.88. The van der Waals surface area contributed by atoms with Gasteiger partial charge in [0, 0.05) is 10.6 Å². The number of halogens is 1. The number of nitrogens with zero attached hydrogens (tertiary/aromatic N) is 1. The summed E-state index contributed by atoms with van der Waals surface area (Å²) in [5, 5.41) is 12.5. The van der Waals surface area contributed by atoms with E-state index in [4.69, 9.17) is 16.0 Å². The molecular weight excluding hydrogens is 342 g/mol. The molecule has 0 radical (unpaired) electrons. The SMILES string of the molecule is N#C/C(=C/c1ccc(-c2cccc(Cl)c2)o1)c1ccc2ccccc2c1. The second-order valence-corrected chi connectivity index (χ2v) is 6.38. The van der Waals surface area contributed by atoms with Crippen LogP contribution in [0.15, 0.2) is 83.3 Å². The molecule has 0 amide bonds. The molecule has 124 valence electrons. The molecule has 3 aromatic carbocycles. The summed E-state index contributed by atoms with van der Waals surface area (Å²) in [5.74, 6) is 1.35. The Morgan fingerprint density at radius 2 is 1.73 bits per heavy atom. The summed E-state index contributed by atoms with van der Waals surface area (Å²) in [6.45, 7) is 0. The lowest BCUT2D eigenvalue weighted by Gasteiger charge is -2.02. The summed E-state index contributed by atoms with van der Waals surface area (Å²) in [6.07, 6.45) is 1.76. The van der Waals surface area contributed by atoms with E-state index in [1.807, 2.05) is 72.8 Å². The molecule has 0 saturated heterocycles. The number of hydrogen-bond acceptors (Lipinski definition) is 2. The molecule has 3 heteroatoms. The molecule has 0 N–H and O–H groups in total. The van der Waals surface area contributed by atoms with Gasteiger partial charge in [-0.05, 0) is 52.7 Å². The predicted octanol–water partition coefficient (Wildman–Crippen LogP) is 6.82. The highest BCUT2D eigenvalue weighted by Gasteiger charge is 2.07. The van der Waals surface area contributed by atoms with Crippen molar-refractivity contribution >= 4 is 34.0 Å². The zero-order chi connectivity index (χ0) is 17.9. The highest BCUT2D eigenvalue weighted by molar-refractivity contribution is 6.30. The van der Waals surface area contributed by atoms with Crippen molar-refractivity contribution < 1.29 is 4.42 Å². The lowest BCUT2D eigenvalue weighted by molar-refractivity contribution is 0.572. The Balaban J connectivity index is 1.70. The summed E-state index contributed by atoms with van der Waals surface area (Å²) in [5.41, 5.74) is 2.33. The summed E-state index contributed by atoms with van der Waals surface area (Å²) in [7, 11) is 0. The van der Waals surface area contributed by atoms with Gasteiger partial charge in [-0.2, -0.15) is 5.26 Å². The fourth-order valence-corrected chi connectivity index (χ4v) is 3.10. The van der Waals surface area contributed by atoms with Gasteiger partial charge in [0.05, 0.1) is 11.6 Å². The number of nitriles is 1. The van der Waals surface area contributed by atoms with Crippen molar-refractivity contribution in [3.8, 4) is 17.4 Å². The fourth-order valence-electron chi connectivity index (χ4n) is 2.91. The van der Waals surface area contributed by atoms with E-state index in [1.165, 1.54) is 0 Å². The average Bonchev–Trinajstić information content (AvgIpc) is 3.14. The van der Waals surface area contributed by atoms with Crippen LogP contribution >= 0.6 is 11.6 Å². The predicted molar refractivity (Wildman–Crippen MR) is 107 cm³/mol. The van der Waals surface area contributed by atoms with E-state index in [2.05, 4.69) is 12.1 Å². The molecule has 1 heterocycles. The largest absolute Gasteiger partial charge is 0.457 e. The number of furan rings is 1. The van der Waals surface area contributed by atoms with E-state index in [0.29, 0.717) is 16.4 Å². The van der Waals surface area contributed by atoms with Gasteiger partial charge in [-0.25, -0.2) is 0 Å². The van der Waals surface area contributed by atoms with Crippen LogP contribution in [0.5, 0.6) is 0 Å². The molecule has 4 aromatic rings. The maximum absolute atomic E-state index is 9.60. The number of rotatable bonds is 3. The Bertz CT molecular complexity index is 1160. The highest BCUT2D eigenvalue weighted by Crippen LogP contribution is 2.28. The molecule has 26 heavy (non-hydrogen) atoms. The van der Waals surface area contributed by atoms with E-state index in [-0.39, 0.29) is 0 Å².